The minimum absolute atomic E-state index is 0.0807. The highest BCUT2D eigenvalue weighted by atomic mass is 32.2. The normalized spacial score (nSPS) is 11.8. The van der Waals surface area contributed by atoms with Gasteiger partial charge in [0.2, 0.25) is 5.88 Å². The van der Waals surface area contributed by atoms with Gasteiger partial charge in [-0.2, -0.15) is 13.2 Å². The molecule has 12 heteroatoms. The Morgan fingerprint density at radius 3 is 2.45 bits per heavy atom. The molecule has 0 saturated carbocycles. The van der Waals surface area contributed by atoms with Crippen molar-refractivity contribution in [1.29, 1.82) is 0 Å². The molecule has 1 aromatic heterocycles. The summed E-state index contributed by atoms with van der Waals surface area (Å²) in [6.45, 7) is 2.65. The first-order valence-corrected chi connectivity index (χ1v) is 15.3. The lowest BCUT2D eigenvalue weighted by atomic mass is 10.1. The number of nitrogens with one attached hydrogen (secondary N) is 1. The number of nitrogens with zero attached hydrogens (tertiary/aromatic N) is 3. The number of hydrogen-bond donors (Lipinski definition) is 3. The van der Waals surface area contributed by atoms with E-state index in [1.165, 1.54) is 12.1 Å². The lowest BCUT2D eigenvalue weighted by Gasteiger charge is -2.08. The number of benzene rings is 3. The Morgan fingerprint density at radius 1 is 0.977 bits per heavy atom. The number of halogens is 3. The van der Waals surface area contributed by atoms with E-state index in [4.69, 9.17) is 5.11 Å². The van der Waals surface area contributed by atoms with Crippen LogP contribution in [-0.4, -0.2) is 32.5 Å². The predicted molar refractivity (Wildman–Crippen MR) is 165 cm³/mol. The number of carbonyl (C=O) groups excluding carboxylic acids is 1. The summed E-state index contributed by atoms with van der Waals surface area (Å²) in [5.74, 6) is -0.316. The van der Waals surface area contributed by atoms with Crippen molar-refractivity contribution >= 4 is 46.0 Å². The molecule has 0 spiro atoms. The molecule has 1 heterocycles. The van der Waals surface area contributed by atoms with Crippen LogP contribution >= 0.6 is 11.8 Å². The number of hydrogen-bond acceptors (Lipinski definition) is 5. The van der Waals surface area contributed by atoms with Crippen molar-refractivity contribution in [3.8, 4) is 5.88 Å². The monoisotopic (exact) mass is 626 g/mol. The van der Waals surface area contributed by atoms with Gasteiger partial charge in [-0.1, -0.05) is 49.5 Å². The molecule has 232 valence electrons. The maximum atomic E-state index is 13.0. The molecule has 0 aliphatic carbocycles. The fourth-order valence-corrected chi connectivity index (χ4v) is 5.60. The molecule has 0 fully saturated rings. The van der Waals surface area contributed by atoms with Crippen molar-refractivity contribution in [2.75, 3.05) is 11.1 Å². The highest BCUT2D eigenvalue weighted by Crippen LogP contribution is 2.41. The van der Waals surface area contributed by atoms with Crippen molar-refractivity contribution in [1.82, 2.24) is 4.57 Å². The lowest BCUT2D eigenvalue weighted by Crippen LogP contribution is -2.08. The minimum Gasteiger partial charge on any atom is -0.493 e. The number of fused-ring (bicyclic) bond motifs is 1. The zero-order chi connectivity index (χ0) is 31.7. The van der Waals surface area contributed by atoms with Crippen LogP contribution < -0.4 is 5.32 Å². The predicted octanol–water partition coefficient (Wildman–Crippen LogP) is 9.68. The van der Waals surface area contributed by atoms with Crippen molar-refractivity contribution < 1.29 is 33.0 Å². The first-order chi connectivity index (χ1) is 21.1. The summed E-state index contributed by atoms with van der Waals surface area (Å²) in [4.78, 5) is 24.5. The van der Waals surface area contributed by atoms with E-state index in [1.807, 2.05) is 30.3 Å². The number of alkyl halides is 3. The van der Waals surface area contributed by atoms with E-state index >= 15 is 0 Å². The number of aryl methyl sites for hydroxylation is 2. The summed E-state index contributed by atoms with van der Waals surface area (Å²) < 4.78 is 40.9. The van der Waals surface area contributed by atoms with Crippen LogP contribution in [0.25, 0.3) is 10.9 Å². The molecule has 0 aliphatic rings. The number of rotatable bonds is 13. The Labute approximate surface area is 257 Å². The quantitative estimate of drug-likeness (QED) is 0.0776. The van der Waals surface area contributed by atoms with Gasteiger partial charge in [-0.05, 0) is 79.1 Å². The zero-order valence-corrected chi connectivity index (χ0v) is 24.9. The van der Waals surface area contributed by atoms with E-state index in [9.17, 15) is 27.9 Å². The second-order valence-corrected chi connectivity index (χ2v) is 11.4. The maximum absolute atomic E-state index is 13.0. The number of carboxylic acid groups (broad SMARTS) is 1. The number of thioether (sulfide) groups is 1. The summed E-state index contributed by atoms with van der Waals surface area (Å²) in [5.41, 5.74) is 1.14. The topological polar surface area (TPSA) is 116 Å². The Kier molecular flexibility index (Phi) is 11.0. The number of anilines is 1. The van der Waals surface area contributed by atoms with Gasteiger partial charge in [-0.15, -0.1) is 16.9 Å². The number of urea groups is 1. The molecule has 0 atom stereocenters. The summed E-state index contributed by atoms with van der Waals surface area (Å²) in [6, 6.07) is 15.8. The molecule has 3 aromatic carbocycles. The third-order valence-electron chi connectivity index (χ3n) is 6.98. The van der Waals surface area contributed by atoms with Crippen LogP contribution in [0.4, 0.5) is 29.3 Å². The van der Waals surface area contributed by atoms with Crippen LogP contribution in [0.1, 0.15) is 60.5 Å². The average Bonchev–Trinajstić information content (AvgIpc) is 3.25. The molecule has 0 saturated heterocycles. The number of carbonyl (C=O) groups is 2. The smallest absolute Gasteiger partial charge is 0.416 e. The summed E-state index contributed by atoms with van der Waals surface area (Å²) >= 11 is 1.61. The number of amides is 2. The number of unbranched alkanes of at least 4 members (excludes halogenated alkanes) is 3. The van der Waals surface area contributed by atoms with Crippen LogP contribution in [0.5, 0.6) is 5.88 Å². The second-order valence-electron chi connectivity index (χ2n) is 10.2. The molecule has 4 rings (SSSR count). The molecule has 0 unspecified atom stereocenters. The van der Waals surface area contributed by atoms with E-state index in [-0.39, 0.29) is 22.8 Å². The molecule has 0 radical (unpaired) electrons. The van der Waals surface area contributed by atoms with Crippen molar-refractivity contribution in [2.45, 2.75) is 63.1 Å². The standard InChI is InChI=1S/C32H33F3N4O4S/c1-2-3-4-5-17-39-27-16-15-25(44-18-7-8-21-11-13-22(14-12-21)30(41)42)20-26(27)28(29(39)40)37-38-31(43)36-24-10-6-9-23(19-24)32(33,34)35/h6,9-16,19-20,40H,2-5,7-8,17-18H2,1H3,(H,36,43)(H,41,42). The fraction of sp³-hybridized carbons (Fsp3) is 0.312. The third kappa shape index (κ3) is 8.62. The lowest BCUT2D eigenvalue weighted by molar-refractivity contribution is -0.137. The van der Waals surface area contributed by atoms with E-state index in [1.54, 1.807) is 28.5 Å². The first-order valence-electron chi connectivity index (χ1n) is 14.3. The van der Waals surface area contributed by atoms with Crippen molar-refractivity contribution in [3.05, 3.63) is 83.4 Å². The SMILES string of the molecule is CCCCCCn1c(O)c(N=NC(=O)Nc2cccc(C(F)(F)F)c2)c2cc(SCCCc3ccc(C(=O)O)cc3)ccc21. The molecular formula is C32H33F3N4O4S. The van der Waals surface area contributed by atoms with Gasteiger partial charge in [0, 0.05) is 22.5 Å². The average molecular weight is 627 g/mol. The van der Waals surface area contributed by atoms with E-state index in [0.29, 0.717) is 11.9 Å². The van der Waals surface area contributed by atoms with Crippen LogP contribution in [0, 0.1) is 0 Å². The number of carboxylic acids is 1. The van der Waals surface area contributed by atoms with Crippen LogP contribution in [0.15, 0.2) is 81.9 Å². The molecule has 0 bridgehead atoms. The van der Waals surface area contributed by atoms with Crippen molar-refractivity contribution in [2.24, 2.45) is 10.2 Å². The van der Waals surface area contributed by atoms with Gasteiger partial charge in [-0.3, -0.25) is 0 Å². The summed E-state index contributed by atoms with van der Waals surface area (Å²) in [6.07, 6.45) is 1.02. The highest BCUT2D eigenvalue weighted by Gasteiger charge is 2.30. The number of aromatic carboxylic acids is 1. The molecule has 2 amide bonds. The first kappa shape index (κ1) is 32.6. The van der Waals surface area contributed by atoms with Gasteiger partial charge >= 0.3 is 18.2 Å². The molecule has 44 heavy (non-hydrogen) atoms. The van der Waals surface area contributed by atoms with Crippen LogP contribution in [0.3, 0.4) is 0 Å². The van der Waals surface area contributed by atoms with Gasteiger partial charge < -0.3 is 20.1 Å². The Hall–Kier alpha value is -4.32. The van der Waals surface area contributed by atoms with E-state index in [2.05, 4.69) is 22.5 Å². The molecule has 4 aromatic rings. The second kappa shape index (κ2) is 14.9. The number of aromatic nitrogens is 1. The van der Waals surface area contributed by atoms with Crippen molar-refractivity contribution in [3.63, 3.8) is 0 Å². The van der Waals surface area contributed by atoms with Gasteiger partial charge in [0.05, 0.1) is 16.6 Å². The highest BCUT2D eigenvalue weighted by molar-refractivity contribution is 7.99. The fourth-order valence-electron chi connectivity index (χ4n) is 4.71. The Morgan fingerprint density at radius 2 is 1.75 bits per heavy atom. The van der Waals surface area contributed by atoms with Crippen LogP contribution in [-0.2, 0) is 19.1 Å². The van der Waals surface area contributed by atoms with E-state index < -0.39 is 23.7 Å². The van der Waals surface area contributed by atoms with Gasteiger partial charge in [0.25, 0.3) is 0 Å². The molecule has 8 nitrogen and oxygen atoms in total. The van der Waals surface area contributed by atoms with E-state index in [0.717, 1.165) is 72.4 Å². The molecule has 0 aliphatic heterocycles. The molecular weight excluding hydrogens is 593 g/mol. The maximum Gasteiger partial charge on any atom is 0.416 e. The largest absolute Gasteiger partial charge is 0.493 e. The van der Waals surface area contributed by atoms with Gasteiger partial charge in [0.15, 0.2) is 5.69 Å². The molecule has 3 N–H and O–H groups in total. The summed E-state index contributed by atoms with van der Waals surface area (Å²) in [7, 11) is 0. The minimum atomic E-state index is -4.56. The summed E-state index contributed by atoms with van der Waals surface area (Å²) in [5, 5.41) is 30.7. The van der Waals surface area contributed by atoms with Crippen LogP contribution in [0.2, 0.25) is 0 Å². The van der Waals surface area contributed by atoms with Gasteiger partial charge in [-0.25, -0.2) is 9.59 Å². The third-order valence-corrected chi connectivity index (χ3v) is 8.06. The Balaban J connectivity index is 1.50. The zero-order valence-electron chi connectivity index (χ0n) is 24.1. The van der Waals surface area contributed by atoms with Gasteiger partial charge in [0.1, 0.15) is 0 Å². The Bertz CT molecular complexity index is 1640. The number of azo groups is 1. The number of aromatic hydroxyl groups is 1.